The predicted molar refractivity (Wildman–Crippen MR) is 107 cm³/mol. The van der Waals surface area contributed by atoms with Crippen LogP contribution >= 0.6 is 0 Å². The van der Waals surface area contributed by atoms with Gasteiger partial charge in [0.25, 0.3) is 0 Å². The monoisotopic (exact) mass is 604 g/mol. The third-order valence-corrected chi connectivity index (χ3v) is 4.03. The van der Waals surface area contributed by atoms with Crippen LogP contribution in [0.1, 0.15) is 76.8 Å². The molecular formula is C22H30F3IrN2O2-. The van der Waals surface area contributed by atoms with Crippen LogP contribution in [0.15, 0.2) is 24.4 Å². The van der Waals surface area contributed by atoms with Crippen LogP contribution in [0.2, 0.25) is 0 Å². The number of halogens is 3. The maximum atomic E-state index is 12.6. The van der Waals surface area contributed by atoms with Gasteiger partial charge in [0.15, 0.2) is 0 Å². The molecule has 0 aliphatic carbocycles. The van der Waals surface area contributed by atoms with Gasteiger partial charge in [0.1, 0.15) is 0 Å². The average Bonchev–Trinajstić information content (AvgIpc) is 2.59. The summed E-state index contributed by atoms with van der Waals surface area (Å²) in [5.41, 5.74) is 2.06. The number of aliphatic hydroxyl groups is 2. The zero-order chi connectivity index (χ0) is 22.4. The van der Waals surface area contributed by atoms with Gasteiger partial charge in [-0.25, -0.2) is 0 Å². The minimum absolute atomic E-state index is 0. The van der Waals surface area contributed by atoms with E-state index in [4.69, 9.17) is 10.2 Å². The van der Waals surface area contributed by atoms with Gasteiger partial charge in [-0.2, -0.15) is 13.2 Å². The smallest absolute Gasteiger partial charge is 0.381 e. The van der Waals surface area contributed by atoms with E-state index in [0.29, 0.717) is 17.7 Å². The molecule has 1 radical (unpaired) electrons. The van der Waals surface area contributed by atoms with Gasteiger partial charge < -0.3 is 15.2 Å². The van der Waals surface area contributed by atoms with E-state index in [-0.39, 0.29) is 44.1 Å². The molecule has 1 aromatic heterocycles. The number of benzene rings is 1. The third-order valence-electron chi connectivity index (χ3n) is 4.03. The Balaban J connectivity index is 0.000000909. The van der Waals surface area contributed by atoms with Gasteiger partial charge in [-0.3, -0.25) is 4.98 Å². The largest absolute Gasteiger partial charge is 0.393 e. The molecule has 2 rings (SSSR count). The maximum Gasteiger partial charge on any atom is 0.381 e. The Morgan fingerprint density at radius 2 is 1.53 bits per heavy atom. The molecule has 0 bridgehead atoms. The molecule has 0 fully saturated rings. The van der Waals surface area contributed by atoms with E-state index >= 15 is 0 Å². The van der Waals surface area contributed by atoms with Crippen molar-refractivity contribution in [3.8, 4) is 11.3 Å². The summed E-state index contributed by atoms with van der Waals surface area (Å²) in [6, 6.07) is 6.08. The van der Waals surface area contributed by atoms with E-state index in [1.165, 1.54) is 6.07 Å². The first-order valence-electron chi connectivity index (χ1n) is 9.65. The zero-order valence-corrected chi connectivity index (χ0v) is 20.5. The minimum Gasteiger partial charge on any atom is -0.393 e. The van der Waals surface area contributed by atoms with Crippen LogP contribution in [0.3, 0.4) is 0 Å². The molecule has 2 atom stereocenters. The number of aliphatic hydroxyl groups excluding tert-OH is 2. The van der Waals surface area contributed by atoms with Crippen LogP contribution in [0.5, 0.6) is 0 Å². The number of alkyl halides is 3. The van der Waals surface area contributed by atoms with Gasteiger partial charge in [0, 0.05) is 37.7 Å². The van der Waals surface area contributed by atoms with Gasteiger partial charge in [-0.15, -0.1) is 29.8 Å². The molecule has 1 heterocycles. The second-order valence-corrected chi connectivity index (χ2v) is 7.76. The van der Waals surface area contributed by atoms with Gasteiger partial charge in [-0.05, 0) is 37.7 Å². The SMILES string of the molecule is CC(C)c1cnc(-c2[c-]cc(C(F)(F)F)cc2)c(C(C)C)n1.CC(O)CC(C)O.[Ir]. The van der Waals surface area contributed by atoms with Gasteiger partial charge in [-0.1, -0.05) is 27.7 Å². The number of rotatable bonds is 5. The number of aromatic nitrogens is 2. The summed E-state index contributed by atoms with van der Waals surface area (Å²) in [5.74, 6) is 0.368. The van der Waals surface area contributed by atoms with Crippen molar-refractivity contribution in [3.05, 3.63) is 47.4 Å². The van der Waals surface area contributed by atoms with Gasteiger partial charge in [0.05, 0.1) is 17.9 Å². The van der Waals surface area contributed by atoms with E-state index < -0.39 is 11.7 Å². The van der Waals surface area contributed by atoms with E-state index in [1.807, 2.05) is 27.7 Å². The van der Waals surface area contributed by atoms with Gasteiger partial charge in [0.2, 0.25) is 0 Å². The van der Waals surface area contributed by atoms with E-state index in [1.54, 1.807) is 20.0 Å². The maximum absolute atomic E-state index is 12.6. The Kier molecular flexibility index (Phi) is 11.9. The first kappa shape index (κ1) is 28.7. The Morgan fingerprint density at radius 1 is 0.967 bits per heavy atom. The minimum atomic E-state index is -4.36. The summed E-state index contributed by atoms with van der Waals surface area (Å²) < 4.78 is 37.9. The number of nitrogens with zero attached hydrogens (tertiary/aromatic N) is 2. The van der Waals surface area contributed by atoms with Crippen molar-refractivity contribution in [2.75, 3.05) is 0 Å². The number of hydrogen-bond donors (Lipinski definition) is 2. The molecule has 8 heteroatoms. The molecule has 171 valence electrons. The second kappa shape index (κ2) is 12.5. The van der Waals surface area contributed by atoms with Crippen molar-refractivity contribution in [2.45, 2.75) is 78.2 Å². The molecule has 0 saturated carbocycles. The topological polar surface area (TPSA) is 66.2 Å². The normalized spacial score (nSPS) is 13.4. The molecule has 2 aromatic rings. The fourth-order valence-electron chi connectivity index (χ4n) is 2.55. The van der Waals surface area contributed by atoms with Crippen molar-refractivity contribution in [3.63, 3.8) is 0 Å². The fourth-order valence-corrected chi connectivity index (χ4v) is 2.55. The molecule has 0 spiro atoms. The molecule has 2 unspecified atom stereocenters. The molecule has 0 aliphatic heterocycles. The summed E-state index contributed by atoms with van der Waals surface area (Å²) in [5, 5.41) is 17.1. The molecule has 0 saturated heterocycles. The van der Waals surface area contributed by atoms with Crippen molar-refractivity contribution < 1.29 is 43.5 Å². The van der Waals surface area contributed by atoms with E-state index in [9.17, 15) is 13.2 Å². The molecule has 2 N–H and O–H groups in total. The Morgan fingerprint density at radius 3 is 1.87 bits per heavy atom. The summed E-state index contributed by atoms with van der Waals surface area (Å²) in [6.07, 6.45) is -2.96. The van der Waals surface area contributed by atoms with Crippen molar-refractivity contribution in [1.29, 1.82) is 0 Å². The van der Waals surface area contributed by atoms with Crippen LogP contribution in [0, 0.1) is 6.07 Å². The quantitative estimate of drug-likeness (QED) is 0.453. The molecule has 0 aliphatic rings. The molecule has 30 heavy (non-hydrogen) atoms. The van der Waals surface area contributed by atoms with Crippen LogP contribution in [0.4, 0.5) is 13.2 Å². The van der Waals surface area contributed by atoms with E-state index in [0.717, 1.165) is 23.5 Å². The average molecular weight is 604 g/mol. The zero-order valence-electron chi connectivity index (χ0n) is 18.1. The summed E-state index contributed by atoms with van der Waals surface area (Å²) in [6.45, 7) is 11.3. The summed E-state index contributed by atoms with van der Waals surface area (Å²) in [7, 11) is 0. The first-order chi connectivity index (χ1) is 13.3. The first-order valence-corrected chi connectivity index (χ1v) is 9.65. The molecule has 1 aromatic carbocycles. The van der Waals surface area contributed by atoms with Crippen LogP contribution < -0.4 is 0 Å². The third kappa shape index (κ3) is 9.21. The Labute approximate surface area is 190 Å². The fraction of sp³-hybridized carbons (Fsp3) is 0.545. The van der Waals surface area contributed by atoms with Crippen molar-refractivity contribution >= 4 is 0 Å². The van der Waals surface area contributed by atoms with E-state index in [2.05, 4.69) is 16.0 Å². The predicted octanol–water partition coefficient (Wildman–Crippen LogP) is 5.34. The Bertz CT molecular complexity index is 756. The van der Waals surface area contributed by atoms with Gasteiger partial charge >= 0.3 is 6.18 Å². The van der Waals surface area contributed by atoms with Crippen molar-refractivity contribution in [1.82, 2.24) is 9.97 Å². The van der Waals surface area contributed by atoms with Crippen LogP contribution in [-0.4, -0.2) is 32.4 Å². The standard InChI is InChI=1S/C17H18F3N2.C5H12O2.Ir/c1-10(2)14-9-21-16(15(22-14)11(3)4)12-5-7-13(8-6-12)17(18,19)20;1-4(6)3-5(2)7;/h5,7-11H,1-4H3;4-7H,3H2,1-2H3;/q-1;;. The summed E-state index contributed by atoms with van der Waals surface area (Å²) in [4.78, 5) is 9.02. The molecule has 4 nitrogen and oxygen atoms in total. The van der Waals surface area contributed by atoms with Crippen LogP contribution in [-0.2, 0) is 26.3 Å². The number of hydrogen-bond acceptors (Lipinski definition) is 4. The summed E-state index contributed by atoms with van der Waals surface area (Å²) >= 11 is 0. The Hall–Kier alpha value is -1.34. The van der Waals surface area contributed by atoms with Crippen LogP contribution in [0.25, 0.3) is 11.3 Å². The second-order valence-electron chi connectivity index (χ2n) is 7.76. The molecule has 0 amide bonds. The van der Waals surface area contributed by atoms with Crippen molar-refractivity contribution in [2.24, 2.45) is 0 Å². The molecular weight excluding hydrogens is 573 g/mol.